The number of hydrogen-bond acceptors (Lipinski definition) is 3. The fourth-order valence-corrected chi connectivity index (χ4v) is 6.81. The van der Waals surface area contributed by atoms with Crippen molar-refractivity contribution in [3.05, 3.63) is 133 Å². The third-order valence-corrected chi connectivity index (χ3v) is 9.32. The van der Waals surface area contributed by atoms with Gasteiger partial charge in [0.1, 0.15) is 39.2 Å². The molecule has 0 saturated carbocycles. The van der Waals surface area contributed by atoms with Gasteiger partial charge in [-0.25, -0.2) is 4.98 Å². The zero-order chi connectivity index (χ0) is 34.5. The summed E-state index contributed by atoms with van der Waals surface area (Å²) in [6.07, 6.45) is 0. The smallest absolute Gasteiger partial charge is 0.208 e. The summed E-state index contributed by atoms with van der Waals surface area (Å²) >= 11 is 6.54. The second-order valence-corrected chi connectivity index (χ2v) is 12.4. The summed E-state index contributed by atoms with van der Waals surface area (Å²) in [6.45, 7) is 0. The first-order valence-electron chi connectivity index (χ1n) is 15.9. The van der Waals surface area contributed by atoms with Crippen molar-refractivity contribution in [1.82, 2.24) is 15.0 Å². The highest BCUT2D eigenvalue weighted by Crippen LogP contribution is 2.36. The Balaban J connectivity index is 1.21. The first-order chi connectivity index (χ1) is 24.3. The Morgan fingerprint density at radius 3 is 1.44 bits per heavy atom. The molecule has 0 N–H and O–H groups in total. The molecule has 222 valence electrons. The van der Waals surface area contributed by atoms with Crippen molar-refractivity contribution >= 4 is 99.7 Å². The maximum Gasteiger partial charge on any atom is 0.226 e. The van der Waals surface area contributed by atoms with Gasteiger partial charge in [-0.2, -0.15) is 9.97 Å². The number of hydrogen-bond donors (Lipinski definition) is 0. The molecular weight excluding hydrogens is 624 g/mol. The summed E-state index contributed by atoms with van der Waals surface area (Å²) in [4.78, 5) is 13.9. The quantitative estimate of drug-likeness (QED) is 0.244. The van der Waals surface area contributed by atoms with Crippen LogP contribution >= 0.6 is 11.6 Å². The number of aromatic nitrogens is 3. The summed E-state index contributed by atoms with van der Waals surface area (Å²) in [5.74, 6) is 0.950. The van der Waals surface area contributed by atoms with Crippen molar-refractivity contribution in [3.63, 3.8) is 0 Å². The topological polar surface area (TPSA) is 38.7 Å². The molecule has 8 rings (SSSR count). The molecule has 0 atom stereocenters. The zero-order valence-corrected chi connectivity index (χ0v) is 27.5. The minimum atomic E-state index is 0.109. The highest BCUT2D eigenvalue weighted by molar-refractivity contribution is 6.68. The Hall–Kier alpha value is -5.32. The zero-order valence-electron chi connectivity index (χ0n) is 26.7. The summed E-state index contributed by atoms with van der Waals surface area (Å²) in [7, 11) is 31.5. The van der Waals surface area contributed by atoms with Crippen LogP contribution in [-0.2, 0) is 0 Å². The van der Waals surface area contributed by atoms with Crippen molar-refractivity contribution in [2.45, 2.75) is 0 Å². The Labute approximate surface area is 302 Å². The first kappa shape index (κ1) is 31.9. The molecule has 0 amide bonds. The van der Waals surface area contributed by atoms with E-state index in [0.717, 1.165) is 49.7 Å². The molecule has 10 radical (unpaired) electrons. The molecule has 3 nitrogen and oxygen atoms in total. The van der Waals surface area contributed by atoms with Gasteiger partial charge in [-0.3, -0.25) is 0 Å². The van der Waals surface area contributed by atoms with E-state index in [1.165, 1.54) is 10.8 Å². The molecule has 8 aromatic rings. The van der Waals surface area contributed by atoms with E-state index in [4.69, 9.17) is 55.8 Å². The highest BCUT2D eigenvalue weighted by atomic mass is 35.5. The maximum atomic E-state index is 6.54. The molecule has 0 saturated heterocycles. The van der Waals surface area contributed by atoms with Gasteiger partial charge in [0.25, 0.3) is 0 Å². The normalized spacial score (nSPS) is 11.3. The van der Waals surface area contributed by atoms with Crippen molar-refractivity contribution in [2.24, 2.45) is 0 Å². The van der Waals surface area contributed by atoms with Gasteiger partial charge in [0.2, 0.25) is 5.28 Å². The number of rotatable bonds is 5. The lowest BCUT2D eigenvalue weighted by Gasteiger charge is -2.23. The number of nitrogens with zero attached hydrogens (tertiary/aromatic N) is 3. The Bertz CT molecular complexity index is 2610. The lowest BCUT2D eigenvalue weighted by molar-refractivity contribution is 1.07. The lowest BCUT2D eigenvalue weighted by Crippen LogP contribution is -2.55. The van der Waals surface area contributed by atoms with Crippen LogP contribution in [0.25, 0.3) is 77.7 Å². The van der Waals surface area contributed by atoms with Crippen LogP contribution in [0.1, 0.15) is 0 Å². The van der Waals surface area contributed by atoms with Crippen LogP contribution in [0.3, 0.4) is 0 Å². The Kier molecular flexibility index (Phi) is 8.21. The molecule has 9 heteroatoms. The van der Waals surface area contributed by atoms with Gasteiger partial charge in [-0.05, 0) is 78.7 Å². The summed E-state index contributed by atoms with van der Waals surface area (Å²) in [5, 5.41) is 4.37. The van der Waals surface area contributed by atoms with E-state index < -0.39 is 0 Å². The second kappa shape index (κ2) is 12.9. The molecule has 0 spiro atoms. The van der Waals surface area contributed by atoms with Crippen LogP contribution < -0.4 is 27.3 Å². The molecule has 1 aromatic heterocycles. The highest BCUT2D eigenvalue weighted by Gasteiger charge is 2.17. The van der Waals surface area contributed by atoms with E-state index >= 15 is 0 Å². The van der Waals surface area contributed by atoms with Crippen LogP contribution in [-0.4, -0.2) is 54.2 Å². The van der Waals surface area contributed by atoms with Crippen molar-refractivity contribution in [2.75, 3.05) is 0 Å². The van der Waals surface area contributed by atoms with Crippen molar-refractivity contribution < 1.29 is 0 Å². The second-order valence-electron chi connectivity index (χ2n) is 12.1. The minimum Gasteiger partial charge on any atom is -0.208 e. The van der Waals surface area contributed by atoms with E-state index in [0.29, 0.717) is 28.1 Å². The van der Waals surface area contributed by atoms with Gasteiger partial charge >= 0.3 is 0 Å². The molecule has 1 heterocycles. The summed E-state index contributed by atoms with van der Waals surface area (Å²) in [5.41, 5.74) is 8.30. The predicted octanol–water partition coefficient (Wildman–Crippen LogP) is 5.14. The van der Waals surface area contributed by atoms with Crippen molar-refractivity contribution in [1.29, 1.82) is 0 Å². The minimum absolute atomic E-state index is 0.109. The molecule has 0 aliphatic rings. The Morgan fingerprint density at radius 2 is 0.820 bits per heavy atom. The van der Waals surface area contributed by atoms with Gasteiger partial charge in [0.05, 0.1) is 0 Å². The fraction of sp³-hybridized carbons (Fsp3) is 0. The van der Waals surface area contributed by atoms with E-state index in [1.807, 2.05) is 72.8 Å². The molecule has 50 heavy (non-hydrogen) atoms. The maximum absolute atomic E-state index is 6.54. The lowest BCUT2D eigenvalue weighted by atomic mass is 9.59. The van der Waals surface area contributed by atoms with Gasteiger partial charge in [0.15, 0.2) is 11.6 Å². The van der Waals surface area contributed by atoms with Crippen LogP contribution in [0.5, 0.6) is 0 Å². The van der Waals surface area contributed by atoms with Gasteiger partial charge < -0.3 is 0 Å². The van der Waals surface area contributed by atoms with E-state index in [-0.39, 0.29) is 21.7 Å². The van der Waals surface area contributed by atoms with Crippen LogP contribution in [0.2, 0.25) is 5.28 Å². The predicted molar refractivity (Wildman–Crippen MR) is 214 cm³/mol. The SMILES string of the molecule is [B]c1c([B])c([B])c(-c2ccc(-c3cccc(-c4nc(Cl)nc(-c5cccc(-c6cccc7ccccc67)c5)n4)c3)c3ccccc23)c([B])c1[B]. The van der Waals surface area contributed by atoms with Gasteiger partial charge in [0, 0.05) is 11.1 Å². The number of fused-ring (bicyclic) bond motifs is 2. The molecule has 0 aliphatic carbocycles. The van der Waals surface area contributed by atoms with E-state index in [9.17, 15) is 0 Å². The molecule has 0 unspecified atom stereocenters. The van der Waals surface area contributed by atoms with Crippen LogP contribution in [0, 0.1) is 0 Å². The van der Waals surface area contributed by atoms with Crippen LogP contribution in [0.4, 0.5) is 0 Å². The first-order valence-corrected chi connectivity index (χ1v) is 16.3. The summed E-state index contributed by atoms with van der Waals surface area (Å²) in [6, 6.07) is 42.9. The molecule has 0 aliphatic heterocycles. The third kappa shape index (κ3) is 5.54. The van der Waals surface area contributed by atoms with E-state index in [2.05, 4.69) is 64.6 Å². The van der Waals surface area contributed by atoms with Crippen LogP contribution in [0.15, 0.2) is 127 Å². The van der Waals surface area contributed by atoms with E-state index in [1.54, 1.807) is 0 Å². The summed E-state index contributed by atoms with van der Waals surface area (Å²) < 4.78 is 0. The monoisotopic (exact) mass is 645 g/mol. The molecule has 0 bridgehead atoms. The average Bonchev–Trinajstić information content (AvgIpc) is 3.16. The van der Waals surface area contributed by atoms with Gasteiger partial charge in [-0.15, -0.1) is 16.4 Å². The molecular formula is C41H21B5ClN3. The number of halogens is 1. The fourth-order valence-electron chi connectivity index (χ4n) is 6.65. The average molecular weight is 645 g/mol. The molecule has 7 aromatic carbocycles. The third-order valence-electron chi connectivity index (χ3n) is 9.15. The largest absolute Gasteiger partial charge is 0.226 e. The number of benzene rings is 7. The standard InChI is InChI=1S/C41H21B5ClN3/c42-34-33(35(43)37(45)38(46)36(34)44)32-19-18-29(30-15-3-4-16-31(30)32)24-11-6-13-26(21-24)40-48-39(49-41(47)50-40)25-12-5-10-23(20-25)28-17-7-9-22-8-1-2-14-27(22)28/h1-21H. The molecule has 0 fully saturated rings. The van der Waals surface area contributed by atoms with Gasteiger partial charge in [-0.1, -0.05) is 126 Å². The van der Waals surface area contributed by atoms with Crippen molar-refractivity contribution in [3.8, 4) is 56.2 Å². The Morgan fingerprint density at radius 1 is 0.380 bits per heavy atom.